The minimum absolute atomic E-state index is 0.0564. The lowest BCUT2D eigenvalue weighted by molar-refractivity contribution is -0.136. The molecule has 0 radical (unpaired) electrons. The highest BCUT2D eigenvalue weighted by Gasteiger charge is 2.48. The van der Waals surface area contributed by atoms with Gasteiger partial charge in [-0.3, -0.25) is 44.3 Å². The Bertz CT molecular complexity index is 968. The number of piperidine rings is 1. The van der Waals surface area contributed by atoms with E-state index in [4.69, 9.17) is 0 Å². The van der Waals surface area contributed by atoms with E-state index in [0.29, 0.717) is 12.8 Å². The molecule has 3 aliphatic heterocycles. The van der Waals surface area contributed by atoms with Gasteiger partial charge in [0.15, 0.2) is 0 Å². The van der Waals surface area contributed by atoms with Crippen LogP contribution in [0.3, 0.4) is 0 Å². The maximum Gasteiger partial charge on any atom is 0.262 e. The summed E-state index contributed by atoms with van der Waals surface area (Å²) < 4.78 is 0. The van der Waals surface area contributed by atoms with E-state index in [1.54, 1.807) is 12.1 Å². The lowest BCUT2D eigenvalue weighted by Gasteiger charge is -2.27. The van der Waals surface area contributed by atoms with E-state index in [9.17, 15) is 28.8 Å². The number of hydrogen-bond acceptors (Lipinski definition) is 6. The first-order valence-electron chi connectivity index (χ1n) is 9.07. The van der Waals surface area contributed by atoms with Crippen LogP contribution < -0.4 is 10.6 Å². The van der Waals surface area contributed by atoms with Gasteiger partial charge < -0.3 is 0 Å². The zero-order valence-corrected chi connectivity index (χ0v) is 14.6. The van der Waals surface area contributed by atoms with E-state index in [-0.39, 0.29) is 35.8 Å². The molecule has 3 unspecified atom stereocenters. The fraction of sp³-hybridized carbons (Fsp3) is 0.368. The van der Waals surface area contributed by atoms with Crippen molar-refractivity contribution in [2.45, 2.75) is 31.7 Å². The molecule has 28 heavy (non-hydrogen) atoms. The third-order valence-electron chi connectivity index (χ3n) is 6.05. The van der Waals surface area contributed by atoms with Crippen LogP contribution in [0.5, 0.6) is 0 Å². The molecule has 9 nitrogen and oxygen atoms in total. The number of rotatable bonds is 1. The van der Waals surface area contributed by atoms with Crippen molar-refractivity contribution in [2.24, 2.45) is 11.8 Å². The molecule has 0 saturated carbocycles. The summed E-state index contributed by atoms with van der Waals surface area (Å²) in [5.74, 6) is -3.79. The maximum absolute atomic E-state index is 12.9. The van der Waals surface area contributed by atoms with Gasteiger partial charge in [-0.15, -0.1) is 0 Å². The zero-order chi connectivity index (χ0) is 19.7. The van der Waals surface area contributed by atoms with E-state index in [1.807, 2.05) is 0 Å². The quantitative estimate of drug-likeness (QED) is 0.605. The van der Waals surface area contributed by atoms with E-state index in [1.165, 1.54) is 0 Å². The highest BCUT2D eigenvalue weighted by molar-refractivity contribution is 6.23. The topological polar surface area (TPSA) is 130 Å². The minimum atomic E-state index is -1.02. The average molecular weight is 381 g/mol. The Hall–Kier alpha value is -3.36. The molecule has 9 heteroatoms. The number of nitrogens with zero attached hydrogens (tertiary/aromatic N) is 1. The van der Waals surface area contributed by atoms with Crippen LogP contribution in [-0.2, 0) is 32.0 Å². The van der Waals surface area contributed by atoms with E-state index >= 15 is 0 Å². The second-order valence-corrected chi connectivity index (χ2v) is 7.59. The molecular formula is C19H15N3O6. The first-order chi connectivity index (χ1) is 13.3. The maximum atomic E-state index is 12.9. The Morgan fingerprint density at radius 1 is 0.750 bits per heavy atom. The van der Waals surface area contributed by atoms with Crippen molar-refractivity contribution in [3.63, 3.8) is 0 Å². The van der Waals surface area contributed by atoms with Crippen molar-refractivity contribution >= 4 is 35.4 Å². The highest BCUT2D eigenvalue weighted by Crippen LogP contribution is 2.37. The standard InChI is InChI=1S/C19H15N3O6/c23-14-2-1-13(17(26)20-14)22-18(27)11-5-7-3-9-10(16(25)21-15(9)24)4-8(7)6-12(11)19(22)28/h5-6,9-10,13H,1-4H2,(H,20,23,26)(H,21,24,25). The van der Waals surface area contributed by atoms with Crippen LogP contribution in [0.15, 0.2) is 12.1 Å². The van der Waals surface area contributed by atoms with Crippen LogP contribution in [0.4, 0.5) is 0 Å². The molecule has 1 aromatic carbocycles. The Labute approximate surface area is 158 Å². The monoisotopic (exact) mass is 381 g/mol. The second-order valence-electron chi connectivity index (χ2n) is 7.59. The molecule has 0 spiro atoms. The van der Waals surface area contributed by atoms with E-state index < -0.39 is 41.5 Å². The van der Waals surface area contributed by atoms with Gasteiger partial charge in [0.2, 0.25) is 23.6 Å². The molecule has 142 valence electrons. The number of carbonyl (C=O) groups is 6. The second kappa shape index (κ2) is 5.57. The fourth-order valence-electron chi connectivity index (χ4n) is 4.60. The first-order valence-corrected chi connectivity index (χ1v) is 9.07. The normalized spacial score (nSPS) is 28.7. The molecule has 1 aromatic rings. The fourth-order valence-corrected chi connectivity index (χ4v) is 4.60. The number of benzene rings is 1. The summed E-state index contributed by atoms with van der Waals surface area (Å²) in [6, 6.07) is 2.18. The van der Waals surface area contributed by atoms with Gasteiger partial charge in [-0.2, -0.15) is 0 Å². The SMILES string of the molecule is O=C1CCC(N2C(=O)c3cc4c(cc3C2=O)CC2C(=O)NC(=O)C2C4)C(=O)N1. The molecule has 3 atom stereocenters. The van der Waals surface area contributed by atoms with Crippen LogP contribution in [0, 0.1) is 11.8 Å². The molecule has 2 N–H and O–H groups in total. The Morgan fingerprint density at radius 2 is 1.29 bits per heavy atom. The van der Waals surface area contributed by atoms with Crippen LogP contribution in [0.1, 0.15) is 44.7 Å². The first kappa shape index (κ1) is 16.8. The largest absolute Gasteiger partial charge is 0.296 e. The predicted octanol–water partition coefficient (Wildman–Crippen LogP) is -0.925. The van der Waals surface area contributed by atoms with Crippen molar-refractivity contribution in [3.05, 3.63) is 34.4 Å². The summed E-state index contributed by atoms with van der Waals surface area (Å²) >= 11 is 0. The number of hydrogen-bond donors (Lipinski definition) is 2. The van der Waals surface area contributed by atoms with Gasteiger partial charge >= 0.3 is 0 Å². The minimum Gasteiger partial charge on any atom is -0.296 e. The number of fused-ring (bicyclic) bond motifs is 3. The molecule has 2 fully saturated rings. The number of amides is 6. The van der Waals surface area contributed by atoms with Crippen LogP contribution in [-0.4, -0.2) is 46.4 Å². The van der Waals surface area contributed by atoms with Gasteiger partial charge in [0.1, 0.15) is 6.04 Å². The highest BCUT2D eigenvalue weighted by atomic mass is 16.2. The molecule has 3 heterocycles. The third kappa shape index (κ3) is 2.19. The Balaban J connectivity index is 1.51. The van der Waals surface area contributed by atoms with E-state index in [2.05, 4.69) is 10.6 Å². The Morgan fingerprint density at radius 3 is 1.79 bits per heavy atom. The van der Waals surface area contributed by atoms with Crippen molar-refractivity contribution in [1.29, 1.82) is 0 Å². The number of carbonyl (C=O) groups excluding carboxylic acids is 6. The predicted molar refractivity (Wildman–Crippen MR) is 90.7 cm³/mol. The molecule has 4 aliphatic rings. The van der Waals surface area contributed by atoms with Crippen LogP contribution >= 0.6 is 0 Å². The summed E-state index contributed by atoms with van der Waals surface area (Å²) in [6.07, 6.45) is 0.797. The summed E-state index contributed by atoms with van der Waals surface area (Å²) in [6.45, 7) is 0. The Kier molecular flexibility index (Phi) is 3.34. The van der Waals surface area contributed by atoms with E-state index in [0.717, 1.165) is 16.0 Å². The van der Waals surface area contributed by atoms with Crippen molar-refractivity contribution in [3.8, 4) is 0 Å². The average Bonchev–Trinajstić information content (AvgIpc) is 3.06. The number of nitrogens with one attached hydrogen (secondary N) is 2. The van der Waals surface area contributed by atoms with Gasteiger partial charge in [-0.25, -0.2) is 0 Å². The summed E-state index contributed by atoms with van der Waals surface area (Å²) in [5, 5.41) is 4.49. The smallest absolute Gasteiger partial charge is 0.262 e. The summed E-state index contributed by atoms with van der Waals surface area (Å²) in [5.41, 5.74) is 1.90. The van der Waals surface area contributed by atoms with Gasteiger partial charge in [-0.1, -0.05) is 0 Å². The van der Waals surface area contributed by atoms with Crippen LogP contribution in [0.2, 0.25) is 0 Å². The molecule has 2 saturated heterocycles. The van der Waals surface area contributed by atoms with Gasteiger partial charge in [-0.05, 0) is 42.5 Å². The molecule has 1 aliphatic carbocycles. The van der Waals surface area contributed by atoms with Crippen molar-refractivity contribution < 1.29 is 28.8 Å². The van der Waals surface area contributed by atoms with Gasteiger partial charge in [0.25, 0.3) is 11.8 Å². The molecular weight excluding hydrogens is 366 g/mol. The third-order valence-corrected chi connectivity index (χ3v) is 6.05. The summed E-state index contributed by atoms with van der Waals surface area (Å²) in [4.78, 5) is 74.1. The summed E-state index contributed by atoms with van der Waals surface area (Å²) in [7, 11) is 0. The lowest BCUT2D eigenvalue weighted by Crippen LogP contribution is -2.54. The lowest BCUT2D eigenvalue weighted by atomic mass is 9.76. The van der Waals surface area contributed by atoms with Crippen LogP contribution in [0.25, 0.3) is 0 Å². The molecule has 0 aromatic heterocycles. The number of imide groups is 3. The molecule has 0 bridgehead atoms. The molecule has 5 rings (SSSR count). The van der Waals surface area contributed by atoms with Crippen molar-refractivity contribution in [1.82, 2.24) is 15.5 Å². The molecule has 6 amide bonds. The zero-order valence-electron chi connectivity index (χ0n) is 14.6. The van der Waals surface area contributed by atoms with Gasteiger partial charge in [0, 0.05) is 6.42 Å². The van der Waals surface area contributed by atoms with Gasteiger partial charge in [0.05, 0.1) is 23.0 Å². The van der Waals surface area contributed by atoms with Crippen molar-refractivity contribution in [2.75, 3.05) is 0 Å².